The highest BCUT2D eigenvalue weighted by atomic mass is 79.9. The molecule has 0 aliphatic carbocycles. The molecule has 1 aromatic heterocycles. The third-order valence-corrected chi connectivity index (χ3v) is 4.23. The molecule has 0 amide bonds. The molecule has 2 rings (SSSR count). The third-order valence-electron chi connectivity index (χ3n) is 2.18. The van der Waals surface area contributed by atoms with Crippen LogP contribution in [0.25, 0.3) is 0 Å². The second-order valence-corrected chi connectivity index (χ2v) is 5.97. The van der Waals surface area contributed by atoms with Crippen molar-refractivity contribution >= 4 is 48.9 Å². The van der Waals surface area contributed by atoms with E-state index in [1.807, 2.05) is 23.8 Å². The average molecular weight is 378 g/mol. The summed E-state index contributed by atoms with van der Waals surface area (Å²) in [7, 11) is 1.65. The predicted octanol–water partition coefficient (Wildman–Crippen LogP) is 4.29. The van der Waals surface area contributed by atoms with Crippen molar-refractivity contribution < 1.29 is 4.74 Å². The fourth-order valence-electron chi connectivity index (χ4n) is 1.33. The molecule has 0 spiro atoms. The average Bonchev–Trinajstić information content (AvgIpc) is 2.81. The minimum Gasteiger partial charge on any atom is -0.495 e. The molecule has 0 fully saturated rings. The van der Waals surface area contributed by atoms with Gasteiger partial charge >= 0.3 is 0 Å². The minimum atomic E-state index is 0.758. The van der Waals surface area contributed by atoms with E-state index in [0.29, 0.717) is 0 Å². The summed E-state index contributed by atoms with van der Waals surface area (Å²) >= 11 is 8.59. The Balaban J connectivity index is 2.15. The third kappa shape index (κ3) is 3.20. The zero-order chi connectivity index (χ0) is 12.3. The smallest absolute Gasteiger partial charge is 0.135 e. The van der Waals surface area contributed by atoms with Crippen LogP contribution in [0.3, 0.4) is 0 Å². The molecule has 0 atom stereocenters. The molecule has 0 bridgehead atoms. The van der Waals surface area contributed by atoms with Crippen molar-refractivity contribution in [2.75, 3.05) is 12.4 Å². The van der Waals surface area contributed by atoms with E-state index >= 15 is 0 Å². The Hall–Kier alpha value is -0.590. The quantitative estimate of drug-likeness (QED) is 0.862. The van der Waals surface area contributed by atoms with Gasteiger partial charge in [0.2, 0.25) is 0 Å². The van der Waals surface area contributed by atoms with Gasteiger partial charge in [-0.15, -0.1) is 11.3 Å². The molecule has 0 saturated heterocycles. The molecule has 0 aliphatic heterocycles. The lowest BCUT2D eigenvalue weighted by Gasteiger charge is -2.11. The molecule has 0 radical (unpaired) electrons. The Bertz CT molecular complexity index is 502. The summed E-state index contributed by atoms with van der Waals surface area (Å²) in [5.41, 5.74) is 2.83. The van der Waals surface area contributed by atoms with Crippen LogP contribution in [0.15, 0.2) is 32.8 Å². The first-order valence-corrected chi connectivity index (χ1v) is 7.31. The second kappa shape index (κ2) is 5.84. The number of rotatable bonds is 4. The predicted molar refractivity (Wildman–Crippen MR) is 77.8 cm³/mol. The van der Waals surface area contributed by atoms with Gasteiger partial charge in [0.1, 0.15) is 5.75 Å². The van der Waals surface area contributed by atoms with Crippen molar-refractivity contribution in [3.63, 3.8) is 0 Å². The maximum atomic E-state index is 5.26. The number of hydrogen-bond donors (Lipinski definition) is 1. The summed E-state index contributed by atoms with van der Waals surface area (Å²) in [6, 6.07) is 3.92. The van der Waals surface area contributed by atoms with E-state index in [1.165, 1.54) is 4.88 Å². The molecule has 0 unspecified atom stereocenters. The van der Waals surface area contributed by atoms with E-state index < -0.39 is 0 Å². The summed E-state index contributed by atoms with van der Waals surface area (Å²) in [5.74, 6) is 0.806. The van der Waals surface area contributed by atoms with Gasteiger partial charge in [0.25, 0.3) is 0 Å². The van der Waals surface area contributed by atoms with Crippen LogP contribution >= 0.6 is 43.2 Å². The van der Waals surface area contributed by atoms with Crippen LogP contribution in [0.2, 0.25) is 0 Å². The van der Waals surface area contributed by atoms with Gasteiger partial charge < -0.3 is 10.1 Å². The fraction of sp³-hybridized carbons (Fsp3) is 0.182. The van der Waals surface area contributed by atoms with Gasteiger partial charge in [0, 0.05) is 21.6 Å². The molecular formula is C11H10Br2N2OS. The van der Waals surface area contributed by atoms with Crippen molar-refractivity contribution in [1.82, 2.24) is 4.98 Å². The molecule has 6 heteroatoms. The Morgan fingerprint density at radius 1 is 1.35 bits per heavy atom. The van der Waals surface area contributed by atoms with E-state index in [4.69, 9.17) is 4.74 Å². The van der Waals surface area contributed by atoms with Gasteiger partial charge in [0.15, 0.2) is 0 Å². The van der Waals surface area contributed by atoms with Gasteiger partial charge in [-0.3, -0.25) is 4.98 Å². The minimum absolute atomic E-state index is 0.758. The van der Waals surface area contributed by atoms with Crippen LogP contribution in [0.5, 0.6) is 5.75 Å². The Morgan fingerprint density at radius 2 is 2.18 bits per heavy atom. The van der Waals surface area contributed by atoms with Crippen molar-refractivity contribution in [3.8, 4) is 5.75 Å². The molecule has 17 heavy (non-hydrogen) atoms. The zero-order valence-electron chi connectivity index (χ0n) is 9.04. The first-order chi connectivity index (χ1) is 8.20. The maximum Gasteiger partial charge on any atom is 0.135 e. The number of anilines is 1. The van der Waals surface area contributed by atoms with E-state index in [-0.39, 0.29) is 0 Å². The highest BCUT2D eigenvalue weighted by Gasteiger charge is 2.07. The van der Waals surface area contributed by atoms with Crippen molar-refractivity contribution in [3.05, 3.63) is 37.7 Å². The summed E-state index contributed by atoms with van der Waals surface area (Å²) in [6.45, 7) is 0.758. The molecule has 1 N–H and O–H groups in total. The first-order valence-electron chi connectivity index (χ1n) is 4.85. The normalized spacial score (nSPS) is 10.3. The van der Waals surface area contributed by atoms with Gasteiger partial charge in [-0.1, -0.05) is 0 Å². The number of ether oxygens (including phenoxy) is 1. The van der Waals surface area contributed by atoms with Crippen LogP contribution in [0.4, 0.5) is 5.69 Å². The molecule has 1 heterocycles. The number of halogens is 2. The van der Waals surface area contributed by atoms with E-state index in [1.54, 1.807) is 18.4 Å². The number of nitrogens with one attached hydrogen (secondary N) is 1. The molecule has 2 aromatic rings. The van der Waals surface area contributed by atoms with Crippen LogP contribution < -0.4 is 10.1 Å². The van der Waals surface area contributed by atoms with E-state index in [0.717, 1.165) is 26.9 Å². The lowest BCUT2D eigenvalue weighted by atomic mass is 10.3. The highest BCUT2D eigenvalue weighted by molar-refractivity contribution is 9.11. The lowest BCUT2D eigenvalue weighted by Crippen LogP contribution is -1.99. The van der Waals surface area contributed by atoms with Crippen molar-refractivity contribution in [1.29, 1.82) is 0 Å². The first kappa shape index (κ1) is 12.9. The molecule has 90 valence electrons. The largest absolute Gasteiger partial charge is 0.495 e. The lowest BCUT2D eigenvalue weighted by molar-refractivity contribution is 0.412. The van der Waals surface area contributed by atoms with Gasteiger partial charge in [-0.05, 0) is 37.9 Å². The molecule has 0 saturated carbocycles. The fourth-order valence-corrected chi connectivity index (χ4v) is 3.16. The number of nitrogens with zero attached hydrogens (tertiary/aromatic N) is 1. The Morgan fingerprint density at radius 3 is 2.82 bits per heavy atom. The van der Waals surface area contributed by atoms with Crippen molar-refractivity contribution in [2.24, 2.45) is 0 Å². The number of benzene rings is 1. The SMILES string of the molecule is COc1cc(NCc2cncs2)c(Br)cc1Br. The van der Waals surface area contributed by atoms with Crippen LogP contribution in [0, 0.1) is 0 Å². The zero-order valence-corrected chi connectivity index (χ0v) is 13.0. The monoisotopic (exact) mass is 376 g/mol. The van der Waals surface area contributed by atoms with E-state index in [2.05, 4.69) is 42.2 Å². The molecular weight excluding hydrogens is 368 g/mol. The van der Waals surface area contributed by atoms with Gasteiger partial charge in [0.05, 0.1) is 29.3 Å². The number of thiazole rings is 1. The molecule has 3 nitrogen and oxygen atoms in total. The Kier molecular flexibility index (Phi) is 4.42. The second-order valence-electron chi connectivity index (χ2n) is 3.29. The summed E-state index contributed by atoms with van der Waals surface area (Å²) in [4.78, 5) is 5.23. The van der Waals surface area contributed by atoms with Crippen molar-refractivity contribution in [2.45, 2.75) is 6.54 Å². The maximum absolute atomic E-state index is 5.26. The summed E-state index contributed by atoms with van der Waals surface area (Å²) < 4.78 is 7.18. The van der Waals surface area contributed by atoms with Crippen LogP contribution in [-0.2, 0) is 6.54 Å². The van der Waals surface area contributed by atoms with Crippen LogP contribution in [-0.4, -0.2) is 12.1 Å². The molecule has 0 aliphatic rings. The number of aromatic nitrogens is 1. The number of methoxy groups -OCH3 is 1. The topological polar surface area (TPSA) is 34.1 Å². The van der Waals surface area contributed by atoms with E-state index in [9.17, 15) is 0 Å². The summed E-state index contributed by atoms with van der Waals surface area (Å²) in [6.07, 6.45) is 1.86. The number of hydrogen-bond acceptors (Lipinski definition) is 4. The highest BCUT2D eigenvalue weighted by Crippen LogP contribution is 2.34. The van der Waals surface area contributed by atoms with Crippen LogP contribution in [0.1, 0.15) is 4.88 Å². The standard InChI is InChI=1S/C11H10Br2N2OS/c1-16-11-3-10(8(12)2-9(11)13)15-5-7-4-14-6-17-7/h2-4,6,15H,5H2,1H3. The van der Waals surface area contributed by atoms with Gasteiger partial charge in [-0.25, -0.2) is 0 Å². The Labute approximate surface area is 120 Å². The summed E-state index contributed by atoms with van der Waals surface area (Å²) in [5, 5.41) is 3.34. The van der Waals surface area contributed by atoms with Gasteiger partial charge in [-0.2, -0.15) is 0 Å². The molecule has 1 aromatic carbocycles.